The maximum absolute atomic E-state index is 12.7. The minimum Gasteiger partial charge on any atom is -0.406 e. The van der Waals surface area contributed by atoms with E-state index in [4.69, 9.17) is 95.8 Å². The van der Waals surface area contributed by atoms with Crippen molar-refractivity contribution in [2.75, 3.05) is 13.2 Å². The molecule has 1 fully saturated rings. The summed E-state index contributed by atoms with van der Waals surface area (Å²) in [5, 5.41) is 0. The molecule has 138 valence electrons. The molecule has 0 N–H and O–H groups in total. The van der Waals surface area contributed by atoms with Gasteiger partial charge in [0.2, 0.25) is 7.59 Å². The standard InChI is InChI=1S/C11H14BCl6O5P/c1-6-3-8(12)22-9(6)7(2)23-24(19,20-4-10(13,14)15)21-5-11(16,17)18/h6,8-9H,2-5H2,1H3/t6-,8-,9+/m1/s1. The summed E-state index contributed by atoms with van der Waals surface area (Å²) in [4.78, 5) is 0. The van der Waals surface area contributed by atoms with E-state index < -0.39 is 40.7 Å². The maximum Gasteiger partial charge on any atom is 0.530 e. The second-order valence-corrected chi connectivity index (χ2v) is 11.7. The van der Waals surface area contributed by atoms with Crippen molar-refractivity contribution >= 4 is 85.3 Å². The van der Waals surface area contributed by atoms with E-state index in [-0.39, 0.29) is 11.7 Å². The molecule has 1 saturated heterocycles. The van der Waals surface area contributed by atoms with Gasteiger partial charge in [0.25, 0.3) is 0 Å². The lowest BCUT2D eigenvalue weighted by atomic mass is 9.92. The highest BCUT2D eigenvalue weighted by Gasteiger charge is 2.40. The quantitative estimate of drug-likeness (QED) is 0.214. The van der Waals surface area contributed by atoms with E-state index in [0.29, 0.717) is 6.42 Å². The lowest BCUT2D eigenvalue weighted by Gasteiger charge is -2.25. The third kappa shape index (κ3) is 8.90. The number of hydrogen-bond acceptors (Lipinski definition) is 5. The number of hydrogen-bond donors (Lipinski definition) is 0. The van der Waals surface area contributed by atoms with Gasteiger partial charge in [0.05, 0.1) is 0 Å². The second-order valence-electron chi connectivity index (χ2n) is 5.09. The van der Waals surface area contributed by atoms with Crippen LogP contribution in [0.5, 0.6) is 0 Å². The van der Waals surface area contributed by atoms with Gasteiger partial charge in [0, 0.05) is 6.00 Å². The molecule has 2 radical (unpaired) electrons. The van der Waals surface area contributed by atoms with E-state index in [1.807, 2.05) is 6.92 Å². The summed E-state index contributed by atoms with van der Waals surface area (Å²) in [5.74, 6) is -0.0466. The summed E-state index contributed by atoms with van der Waals surface area (Å²) in [6, 6.07) is -0.492. The van der Waals surface area contributed by atoms with Crippen LogP contribution in [0.4, 0.5) is 0 Å². The second kappa shape index (κ2) is 9.10. The van der Waals surface area contributed by atoms with Crippen LogP contribution in [0.3, 0.4) is 0 Å². The number of phosphoric acid groups is 1. The van der Waals surface area contributed by atoms with Crippen molar-refractivity contribution in [3.05, 3.63) is 12.3 Å². The highest BCUT2D eigenvalue weighted by Crippen LogP contribution is 2.55. The molecule has 24 heavy (non-hydrogen) atoms. The SMILES string of the molecule is [B][C@H]1C[C@@H](C)[C@@H](C(=C)OP(=O)(OCC(Cl)(Cl)Cl)OCC(Cl)(Cl)Cl)O1. The van der Waals surface area contributed by atoms with Crippen molar-refractivity contribution in [3.8, 4) is 0 Å². The first-order chi connectivity index (χ1) is 10.7. The molecule has 0 amide bonds. The molecule has 0 bridgehead atoms. The first-order valence-corrected chi connectivity index (χ1v) is 10.3. The van der Waals surface area contributed by atoms with Gasteiger partial charge in [-0.1, -0.05) is 83.1 Å². The Morgan fingerprint density at radius 2 is 1.67 bits per heavy atom. The van der Waals surface area contributed by atoms with Gasteiger partial charge in [0.15, 0.2) is 0 Å². The van der Waals surface area contributed by atoms with Crippen LogP contribution in [-0.4, -0.2) is 40.8 Å². The monoisotopic (exact) mass is 478 g/mol. The summed E-state index contributed by atoms with van der Waals surface area (Å²) in [6.07, 6.45) is -0.0393. The smallest absolute Gasteiger partial charge is 0.406 e. The molecule has 0 aromatic carbocycles. The van der Waals surface area contributed by atoms with Crippen molar-refractivity contribution < 1.29 is 22.9 Å². The first-order valence-electron chi connectivity index (χ1n) is 6.53. The van der Waals surface area contributed by atoms with Gasteiger partial charge in [-0.3, -0.25) is 9.05 Å². The predicted octanol–water partition coefficient (Wildman–Crippen LogP) is 5.32. The van der Waals surface area contributed by atoms with Crippen LogP contribution in [0.1, 0.15) is 13.3 Å². The van der Waals surface area contributed by atoms with Crippen LogP contribution in [-0.2, 0) is 22.9 Å². The Hall–Kier alpha value is 1.45. The Morgan fingerprint density at radius 3 is 2.00 bits per heavy atom. The number of phosphoric ester groups is 1. The average molecular weight is 481 g/mol. The fourth-order valence-corrected chi connectivity index (χ4v) is 3.91. The van der Waals surface area contributed by atoms with Crippen molar-refractivity contribution in [1.29, 1.82) is 0 Å². The Bertz CT molecular complexity index is 474. The molecule has 1 aliphatic rings. The van der Waals surface area contributed by atoms with Crippen LogP contribution < -0.4 is 0 Å². The van der Waals surface area contributed by atoms with Crippen molar-refractivity contribution in [1.82, 2.24) is 0 Å². The highest BCUT2D eigenvalue weighted by atomic mass is 35.6. The van der Waals surface area contributed by atoms with Crippen LogP contribution >= 0.6 is 77.4 Å². The molecular weight excluding hydrogens is 467 g/mol. The Morgan fingerprint density at radius 1 is 1.21 bits per heavy atom. The molecule has 1 rings (SSSR count). The number of alkyl halides is 6. The number of ether oxygens (including phenoxy) is 1. The molecule has 1 heterocycles. The van der Waals surface area contributed by atoms with E-state index >= 15 is 0 Å². The van der Waals surface area contributed by atoms with Gasteiger partial charge in [-0.15, -0.1) is 0 Å². The minimum absolute atomic E-state index is 0.0209. The zero-order valence-electron chi connectivity index (χ0n) is 12.4. The molecule has 13 heteroatoms. The minimum atomic E-state index is -4.29. The van der Waals surface area contributed by atoms with E-state index in [0.717, 1.165) is 0 Å². The molecular formula is C11H14BCl6O5P. The van der Waals surface area contributed by atoms with Gasteiger partial charge in [-0.25, -0.2) is 4.57 Å². The molecule has 0 aromatic rings. The van der Waals surface area contributed by atoms with Gasteiger partial charge < -0.3 is 9.26 Å². The normalized spacial score (nSPS) is 25.7. The Kier molecular flexibility index (Phi) is 8.91. The lowest BCUT2D eigenvalue weighted by Crippen LogP contribution is -2.21. The average Bonchev–Trinajstić information content (AvgIpc) is 2.72. The van der Waals surface area contributed by atoms with Crippen molar-refractivity contribution in [3.63, 3.8) is 0 Å². The Balaban J connectivity index is 2.80. The van der Waals surface area contributed by atoms with Gasteiger partial charge in [-0.2, -0.15) is 0 Å². The first kappa shape index (κ1) is 23.5. The highest BCUT2D eigenvalue weighted by molar-refractivity contribution is 7.48. The molecule has 0 saturated carbocycles. The molecule has 3 atom stereocenters. The van der Waals surface area contributed by atoms with Crippen LogP contribution in [0.2, 0.25) is 0 Å². The summed E-state index contributed by atoms with van der Waals surface area (Å²) < 4.78 is 29.6. The number of halogens is 6. The van der Waals surface area contributed by atoms with E-state index in [9.17, 15) is 4.57 Å². The number of rotatable bonds is 7. The largest absolute Gasteiger partial charge is 0.530 e. The zero-order valence-corrected chi connectivity index (χ0v) is 17.8. The van der Waals surface area contributed by atoms with Crippen molar-refractivity contribution in [2.45, 2.75) is 33.0 Å². The lowest BCUT2D eigenvalue weighted by molar-refractivity contribution is 0.0567. The summed E-state index contributed by atoms with van der Waals surface area (Å²) in [7, 11) is 1.40. The van der Waals surface area contributed by atoms with Crippen LogP contribution in [0, 0.1) is 5.92 Å². The van der Waals surface area contributed by atoms with Gasteiger partial charge in [0.1, 0.15) is 32.9 Å². The zero-order chi connectivity index (χ0) is 18.8. The third-order valence-corrected chi connectivity index (χ3v) is 4.76. The van der Waals surface area contributed by atoms with Crippen LogP contribution in [0.25, 0.3) is 0 Å². The molecule has 0 unspecified atom stereocenters. The van der Waals surface area contributed by atoms with E-state index in [2.05, 4.69) is 6.58 Å². The third-order valence-electron chi connectivity index (χ3n) is 2.76. The molecule has 5 nitrogen and oxygen atoms in total. The van der Waals surface area contributed by atoms with Gasteiger partial charge in [-0.05, 0) is 12.3 Å². The van der Waals surface area contributed by atoms with Crippen LogP contribution in [0.15, 0.2) is 12.3 Å². The van der Waals surface area contributed by atoms with Crippen molar-refractivity contribution in [2.24, 2.45) is 5.92 Å². The summed E-state index contributed by atoms with van der Waals surface area (Å²) in [5.41, 5.74) is 0. The molecule has 0 aromatic heterocycles. The molecule has 0 aliphatic carbocycles. The summed E-state index contributed by atoms with van der Waals surface area (Å²) >= 11 is 33.4. The maximum atomic E-state index is 12.7. The van der Waals surface area contributed by atoms with E-state index in [1.54, 1.807) is 0 Å². The topological polar surface area (TPSA) is 54.0 Å². The molecule has 0 spiro atoms. The fourth-order valence-electron chi connectivity index (χ4n) is 1.85. The predicted molar refractivity (Wildman–Crippen MR) is 98.5 cm³/mol. The molecule has 1 aliphatic heterocycles. The fraction of sp³-hybridized carbons (Fsp3) is 0.818. The Labute approximate surface area is 172 Å². The van der Waals surface area contributed by atoms with E-state index in [1.165, 1.54) is 0 Å². The van der Waals surface area contributed by atoms with Gasteiger partial charge >= 0.3 is 7.82 Å². The summed E-state index contributed by atoms with van der Waals surface area (Å²) in [6.45, 7) is 4.34.